The molecule has 0 spiro atoms. The number of amides is 4. The maximum atomic E-state index is 12.8. The van der Waals surface area contributed by atoms with Crippen LogP contribution in [0.5, 0.6) is 0 Å². The number of thiazole rings is 2. The van der Waals surface area contributed by atoms with Crippen LogP contribution in [0.4, 0.5) is 9.59 Å². The number of urea groups is 1. The van der Waals surface area contributed by atoms with Gasteiger partial charge in [-0.15, -0.1) is 22.7 Å². The van der Waals surface area contributed by atoms with Crippen LogP contribution in [-0.2, 0) is 29.1 Å². The van der Waals surface area contributed by atoms with E-state index in [0.717, 1.165) is 15.3 Å². The standard InChI is InChI=1S/C26H34N6O5S2/c1-18(29-24(34)23(14-33)31-25(35)32(2)13-21-11-27-16-38-21)8-9-20(10-19-6-4-3-5-7-19)30-26(36)37-15-22-12-28-17-39-22/h3-7,11-12,16-18,20,23,33H,8-10,13-15H2,1-2H3,(H,29,34)(H,30,36)(H,31,35)/t18-,20+,23-/m0/s1. The highest BCUT2D eigenvalue weighted by molar-refractivity contribution is 7.09. The molecular formula is C26H34N6O5S2. The molecule has 13 heteroatoms. The SMILES string of the molecule is C[C@@H](CC[C@H](Cc1ccccc1)NC(=O)OCc1cncs1)NC(=O)[C@H](CO)NC(=O)N(C)Cc1cncs1. The lowest BCUT2D eigenvalue weighted by atomic mass is 9.99. The molecule has 3 aromatic rings. The van der Waals surface area contributed by atoms with Crippen LogP contribution in [0.15, 0.2) is 53.7 Å². The molecule has 2 aromatic heterocycles. The van der Waals surface area contributed by atoms with Gasteiger partial charge in [0.05, 0.1) is 29.0 Å². The summed E-state index contributed by atoms with van der Waals surface area (Å²) in [5.74, 6) is -0.485. The zero-order chi connectivity index (χ0) is 28.0. The average Bonchev–Trinajstić information content (AvgIpc) is 3.64. The summed E-state index contributed by atoms with van der Waals surface area (Å²) in [6, 6.07) is 7.72. The molecule has 3 rings (SSSR count). The Labute approximate surface area is 235 Å². The molecule has 0 saturated heterocycles. The molecule has 0 aliphatic carbocycles. The van der Waals surface area contributed by atoms with Crippen molar-refractivity contribution in [3.8, 4) is 0 Å². The second kappa shape index (κ2) is 15.8. The summed E-state index contributed by atoms with van der Waals surface area (Å²) in [6.45, 7) is 1.79. The van der Waals surface area contributed by atoms with E-state index in [4.69, 9.17) is 4.74 Å². The molecule has 0 aliphatic rings. The number of hydrogen-bond acceptors (Lipinski definition) is 9. The molecule has 11 nitrogen and oxygen atoms in total. The Kier molecular flexibility index (Phi) is 12.1. The van der Waals surface area contributed by atoms with Gasteiger partial charge in [-0.05, 0) is 31.7 Å². The monoisotopic (exact) mass is 574 g/mol. The van der Waals surface area contributed by atoms with Gasteiger partial charge in [-0.3, -0.25) is 14.8 Å². The van der Waals surface area contributed by atoms with Crippen LogP contribution in [0.25, 0.3) is 0 Å². The number of benzene rings is 1. The van der Waals surface area contributed by atoms with E-state index in [-0.39, 0.29) is 18.7 Å². The van der Waals surface area contributed by atoms with Crippen molar-refractivity contribution < 1.29 is 24.2 Å². The smallest absolute Gasteiger partial charge is 0.407 e. The van der Waals surface area contributed by atoms with Crippen LogP contribution in [0.3, 0.4) is 0 Å². The van der Waals surface area contributed by atoms with Crippen molar-refractivity contribution in [1.29, 1.82) is 0 Å². The van der Waals surface area contributed by atoms with Gasteiger partial charge in [0.2, 0.25) is 5.91 Å². The second-order valence-corrected chi connectivity index (χ2v) is 11.0. The summed E-state index contributed by atoms with van der Waals surface area (Å²) in [7, 11) is 1.60. The predicted molar refractivity (Wildman–Crippen MR) is 149 cm³/mol. The molecule has 3 atom stereocenters. The average molecular weight is 575 g/mol. The molecule has 39 heavy (non-hydrogen) atoms. The Bertz CT molecular complexity index is 1150. The number of carbonyl (C=O) groups is 3. The summed E-state index contributed by atoms with van der Waals surface area (Å²) in [5.41, 5.74) is 4.42. The Morgan fingerprint density at radius 2 is 1.69 bits per heavy atom. The van der Waals surface area contributed by atoms with E-state index in [2.05, 4.69) is 25.9 Å². The maximum Gasteiger partial charge on any atom is 0.407 e. The van der Waals surface area contributed by atoms with Gasteiger partial charge >= 0.3 is 12.1 Å². The Balaban J connectivity index is 1.49. The van der Waals surface area contributed by atoms with Gasteiger partial charge in [0.25, 0.3) is 0 Å². The third-order valence-electron chi connectivity index (χ3n) is 5.83. The van der Waals surface area contributed by atoms with Crippen molar-refractivity contribution in [3.63, 3.8) is 0 Å². The summed E-state index contributed by atoms with van der Waals surface area (Å²) in [6.07, 6.45) is 4.53. The van der Waals surface area contributed by atoms with Crippen molar-refractivity contribution in [2.24, 2.45) is 0 Å². The highest BCUT2D eigenvalue weighted by Gasteiger charge is 2.24. The quantitative estimate of drug-likeness (QED) is 0.232. The van der Waals surface area contributed by atoms with Crippen LogP contribution in [0.1, 0.15) is 35.1 Å². The van der Waals surface area contributed by atoms with E-state index in [0.29, 0.717) is 25.8 Å². The molecule has 0 radical (unpaired) electrons. The first kappa shape index (κ1) is 30.0. The molecule has 210 valence electrons. The topological polar surface area (TPSA) is 146 Å². The molecule has 0 saturated carbocycles. The number of rotatable bonds is 14. The van der Waals surface area contributed by atoms with Gasteiger partial charge in [0, 0.05) is 36.4 Å². The fraction of sp³-hybridized carbons (Fsp3) is 0.423. The van der Waals surface area contributed by atoms with Crippen molar-refractivity contribution in [2.75, 3.05) is 13.7 Å². The van der Waals surface area contributed by atoms with E-state index in [1.165, 1.54) is 27.6 Å². The van der Waals surface area contributed by atoms with E-state index in [1.54, 1.807) is 30.5 Å². The molecule has 4 N–H and O–H groups in total. The van der Waals surface area contributed by atoms with Gasteiger partial charge in [-0.1, -0.05) is 30.3 Å². The van der Waals surface area contributed by atoms with Gasteiger partial charge in [-0.2, -0.15) is 0 Å². The van der Waals surface area contributed by atoms with Crippen molar-refractivity contribution in [2.45, 2.75) is 57.5 Å². The number of aromatic nitrogens is 2. The molecular weight excluding hydrogens is 540 g/mol. The van der Waals surface area contributed by atoms with Crippen molar-refractivity contribution in [3.05, 3.63) is 69.1 Å². The third-order valence-corrected chi connectivity index (χ3v) is 7.35. The molecule has 0 aliphatic heterocycles. The summed E-state index contributed by atoms with van der Waals surface area (Å²) >= 11 is 2.83. The normalized spacial score (nSPS) is 13.1. The van der Waals surface area contributed by atoms with Crippen LogP contribution in [0.2, 0.25) is 0 Å². The number of carbonyl (C=O) groups excluding carboxylic acids is 3. The molecule has 4 amide bonds. The molecule has 0 fully saturated rings. The first-order chi connectivity index (χ1) is 18.8. The van der Waals surface area contributed by atoms with Gasteiger partial charge in [0.1, 0.15) is 12.6 Å². The predicted octanol–water partition coefficient (Wildman–Crippen LogP) is 2.92. The molecule has 1 aromatic carbocycles. The van der Waals surface area contributed by atoms with E-state index in [1.807, 2.05) is 37.3 Å². The van der Waals surface area contributed by atoms with Gasteiger partial charge in [0.15, 0.2) is 0 Å². The Morgan fingerprint density at radius 3 is 2.33 bits per heavy atom. The minimum absolute atomic E-state index is 0.148. The summed E-state index contributed by atoms with van der Waals surface area (Å²) < 4.78 is 5.34. The largest absolute Gasteiger partial charge is 0.444 e. The molecule has 0 bridgehead atoms. The Hall–Kier alpha value is -3.55. The Morgan fingerprint density at radius 1 is 1.00 bits per heavy atom. The lowest BCUT2D eigenvalue weighted by Gasteiger charge is -2.24. The van der Waals surface area contributed by atoms with Crippen LogP contribution < -0.4 is 16.0 Å². The number of hydrogen-bond donors (Lipinski definition) is 4. The van der Waals surface area contributed by atoms with Crippen LogP contribution >= 0.6 is 22.7 Å². The fourth-order valence-electron chi connectivity index (χ4n) is 3.73. The minimum Gasteiger partial charge on any atom is -0.444 e. The number of alkyl carbamates (subject to hydrolysis) is 1. The lowest BCUT2D eigenvalue weighted by molar-refractivity contribution is -0.124. The first-order valence-electron chi connectivity index (χ1n) is 12.5. The van der Waals surface area contributed by atoms with Crippen LogP contribution in [0, 0.1) is 0 Å². The number of ether oxygens (including phenoxy) is 1. The van der Waals surface area contributed by atoms with E-state index >= 15 is 0 Å². The van der Waals surface area contributed by atoms with Crippen molar-refractivity contribution >= 4 is 40.7 Å². The minimum atomic E-state index is -1.09. The number of aliphatic hydroxyl groups excluding tert-OH is 1. The highest BCUT2D eigenvalue weighted by Crippen LogP contribution is 2.12. The second-order valence-electron chi connectivity index (χ2n) is 9.07. The van der Waals surface area contributed by atoms with E-state index < -0.39 is 30.7 Å². The number of nitrogens with one attached hydrogen (secondary N) is 3. The third kappa shape index (κ3) is 10.6. The lowest BCUT2D eigenvalue weighted by Crippen LogP contribution is -2.53. The fourth-order valence-corrected chi connectivity index (χ4v) is 4.88. The number of nitrogens with zero attached hydrogens (tertiary/aromatic N) is 3. The van der Waals surface area contributed by atoms with Crippen LogP contribution in [-0.4, -0.2) is 69.8 Å². The highest BCUT2D eigenvalue weighted by atomic mass is 32.1. The first-order valence-corrected chi connectivity index (χ1v) is 14.2. The summed E-state index contributed by atoms with van der Waals surface area (Å²) in [5, 5.41) is 18.1. The zero-order valence-corrected chi connectivity index (χ0v) is 23.5. The van der Waals surface area contributed by atoms with Gasteiger partial charge in [-0.25, -0.2) is 9.59 Å². The summed E-state index contributed by atoms with van der Waals surface area (Å²) in [4.78, 5) is 48.8. The maximum absolute atomic E-state index is 12.8. The zero-order valence-electron chi connectivity index (χ0n) is 21.9. The van der Waals surface area contributed by atoms with Gasteiger partial charge < -0.3 is 30.7 Å². The van der Waals surface area contributed by atoms with E-state index in [9.17, 15) is 19.5 Å². The molecule has 2 heterocycles. The molecule has 0 unspecified atom stereocenters. The van der Waals surface area contributed by atoms with Crippen molar-refractivity contribution in [1.82, 2.24) is 30.8 Å². The number of aliphatic hydroxyl groups is 1.